The fourth-order valence-electron chi connectivity index (χ4n) is 2.45. The van der Waals surface area contributed by atoms with Gasteiger partial charge in [-0.25, -0.2) is 8.42 Å². The molecule has 0 bridgehead atoms. The van der Waals surface area contributed by atoms with Crippen molar-refractivity contribution in [2.75, 3.05) is 31.8 Å². The van der Waals surface area contributed by atoms with Crippen LogP contribution in [0.2, 0.25) is 0 Å². The van der Waals surface area contributed by atoms with Crippen molar-refractivity contribution in [2.45, 2.75) is 45.6 Å². The van der Waals surface area contributed by atoms with E-state index in [1.807, 2.05) is 0 Å². The average molecular weight is 277 g/mol. The molecule has 1 rings (SSSR count). The van der Waals surface area contributed by atoms with E-state index in [0.717, 1.165) is 25.8 Å². The zero-order valence-electron chi connectivity index (χ0n) is 12.1. The number of hydrogen-bond acceptors (Lipinski definition) is 4. The lowest BCUT2D eigenvalue weighted by molar-refractivity contribution is 0.167. The van der Waals surface area contributed by atoms with E-state index in [1.165, 1.54) is 0 Å². The molecule has 1 atom stereocenters. The lowest BCUT2D eigenvalue weighted by Crippen LogP contribution is -2.44. The molecule has 4 nitrogen and oxygen atoms in total. The zero-order chi connectivity index (χ0) is 13.9. The summed E-state index contributed by atoms with van der Waals surface area (Å²) in [4.78, 5) is 0. The number of sulfone groups is 1. The number of nitrogens with one attached hydrogen (secondary N) is 1. The Morgan fingerprint density at radius 2 is 2.00 bits per heavy atom. The van der Waals surface area contributed by atoms with Gasteiger partial charge in [-0.05, 0) is 45.4 Å². The first kappa shape index (κ1) is 15.9. The van der Waals surface area contributed by atoms with Gasteiger partial charge < -0.3 is 10.1 Å². The van der Waals surface area contributed by atoms with Gasteiger partial charge in [-0.2, -0.15) is 0 Å². The van der Waals surface area contributed by atoms with Crippen molar-refractivity contribution < 1.29 is 13.2 Å². The van der Waals surface area contributed by atoms with Crippen molar-refractivity contribution >= 4 is 9.84 Å². The van der Waals surface area contributed by atoms with E-state index < -0.39 is 9.84 Å². The molecule has 1 aliphatic heterocycles. The first-order valence-corrected chi connectivity index (χ1v) is 8.45. The van der Waals surface area contributed by atoms with Gasteiger partial charge in [0.05, 0.1) is 11.5 Å². The van der Waals surface area contributed by atoms with Crippen molar-refractivity contribution in [1.29, 1.82) is 0 Å². The minimum atomic E-state index is -2.84. The Labute approximate surface area is 111 Å². The largest absolute Gasteiger partial charge is 0.385 e. The average Bonchev–Trinajstić information content (AvgIpc) is 2.52. The van der Waals surface area contributed by atoms with Gasteiger partial charge in [-0.3, -0.25) is 0 Å². The molecular formula is C13H27NO3S. The molecule has 108 valence electrons. The summed E-state index contributed by atoms with van der Waals surface area (Å²) in [6.45, 7) is 7.81. The monoisotopic (exact) mass is 277 g/mol. The van der Waals surface area contributed by atoms with Crippen molar-refractivity contribution in [3.8, 4) is 0 Å². The van der Waals surface area contributed by atoms with Crippen LogP contribution in [0.15, 0.2) is 0 Å². The first-order chi connectivity index (χ1) is 8.18. The Bertz CT molecular complexity index is 359. The van der Waals surface area contributed by atoms with E-state index in [1.54, 1.807) is 7.11 Å². The molecule has 0 spiro atoms. The van der Waals surface area contributed by atoms with Crippen LogP contribution < -0.4 is 5.32 Å². The predicted molar refractivity (Wildman–Crippen MR) is 74.6 cm³/mol. The van der Waals surface area contributed by atoms with Crippen LogP contribution in [0, 0.1) is 5.41 Å². The lowest BCUT2D eigenvalue weighted by atomic mass is 9.82. The van der Waals surface area contributed by atoms with Crippen LogP contribution in [0.4, 0.5) is 0 Å². The molecule has 18 heavy (non-hydrogen) atoms. The molecule has 1 aliphatic rings. The molecule has 1 unspecified atom stereocenters. The lowest BCUT2D eigenvalue weighted by Gasteiger charge is -2.32. The summed E-state index contributed by atoms with van der Waals surface area (Å²) < 4.78 is 28.6. The van der Waals surface area contributed by atoms with Gasteiger partial charge in [0, 0.05) is 25.8 Å². The second kappa shape index (κ2) is 5.88. The van der Waals surface area contributed by atoms with Crippen LogP contribution in [0.3, 0.4) is 0 Å². The van der Waals surface area contributed by atoms with Crippen LogP contribution in [0.1, 0.15) is 40.0 Å². The maximum absolute atomic E-state index is 11.7. The van der Waals surface area contributed by atoms with Crippen LogP contribution in [-0.4, -0.2) is 45.7 Å². The fourth-order valence-corrected chi connectivity index (χ4v) is 4.66. The van der Waals surface area contributed by atoms with Gasteiger partial charge in [-0.15, -0.1) is 0 Å². The molecule has 1 saturated heterocycles. The van der Waals surface area contributed by atoms with Crippen molar-refractivity contribution in [1.82, 2.24) is 5.32 Å². The topological polar surface area (TPSA) is 55.4 Å². The second-order valence-corrected chi connectivity index (χ2v) is 8.73. The minimum Gasteiger partial charge on any atom is -0.385 e. The Kier molecular flexibility index (Phi) is 5.21. The highest BCUT2D eigenvalue weighted by molar-refractivity contribution is 7.91. The van der Waals surface area contributed by atoms with Crippen LogP contribution >= 0.6 is 0 Å². The number of ether oxygens (including phenoxy) is 1. The van der Waals surface area contributed by atoms with Crippen molar-refractivity contribution in [3.05, 3.63) is 0 Å². The van der Waals surface area contributed by atoms with E-state index >= 15 is 0 Å². The third-order valence-electron chi connectivity index (χ3n) is 3.52. The predicted octanol–water partition coefficient (Wildman–Crippen LogP) is 1.61. The highest BCUT2D eigenvalue weighted by Gasteiger charge is 2.41. The Morgan fingerprint density at radius 1 is 1.33 bits per heavy atom. The fraction of sp³-hybridized carbons (Fsp3) is 1.00. The Balaban J connectivity index is 2.64. The summed E-state index contributed by atoms with van der Waals surface area (Å²) in [6.07, 6.45) is 2.63. The van der Waals surface area contributed by atoms with Gasteiger partial charge in [-0.1, -0.05) is 0 Å². The van der Waals surface area contributed by atoms with Crippen LogP contribution in [0.5, 0.6) is 0 Å². The maximum Gasteiger partial charge on any atom is 0.150 e. The number of rotatable bonds is 6. The molecule has 5 heteroatoms. The Hall–Kier alpha value is -0.130. The molecule has 1 heterocycles. The molecule has 0 aliphatic carbocycles. The third kappa shape index (κ3) is 5.24. The smallest absolute Gasteiger partial charge is 0.150 e. The molecule has 0 aromatic heterocycles. The van der Waals surface area contributed by atoms with E-state index in [2.05, 4.69) is 26.1 Å². The van der Waals surface area contributed by atoms with Crippen LogP contribution in [-0.2, 0) is 14.6 Å². The van der Waals surface area contributed by atoms with Crippen molar-refractivity contribution in [2.24, 2.45) is 5.41 Å². The van der Waals surface area contributed by atoms with Crippen LogP contribution in [0.25, 0.3) is 0 Å². The van der Waals surface area contributed by atoms with Gasteiger partial charge in [0.2, 0.25) is 0 Å². The summed E-state index contributed by atoms with van der Waals surface area (Å²) in [5.41, 5.74) is -0.0642. The van der Waals surface area contributed by atoms with E-state index in [-0.39, 0.29) is 11.0 Å². The normalized spacial score (nSPS) is 27.6. The quantitative estimate of drug-likeness (QED) is 0.749. The van der Waals surface area contributed by atoms with Crippen molar-refractivity contribution in [3.63, 3.8) is 0 Å². The molecule has 0 aromatic rings. The minimum absolute atomic E-state index is 0.0284. The molecule has 0 saturated carbocycles. The highest BCUT2D eigenvalue weighted by atomic mass is 32.2. The maximum atomic E-state index is 11.7. The summed E-state index contributed by atoms with van der Waals surface area (Å²) in [6, 6.07) is 0. The summed E-state index contributed by atoms with van der Waals surface area (Å²) in [7, 11) is -1.15. The Morgan fingerprint density at radius 3 is 2.44 bits per heavy atom. The summed E-state index contributed by atoms with van der Waals surface area (Å²) >= 11 is 0. The first-order valence-electron chi connectivity index (χ1n) is 6.63. The number of hydrogen-bond donors (Lipinski definition) is 1. The molecular weight excluding hydrogens is 250 g/mol. The van der Waals surface area contributed by atoms with Gasteiger partial charge >= 0.3 is 0 Å². The van der Waals surface area contributed by atoms with E-state index in [9.17, 15) is 8.42 Å². The second-order valence-electron chi connectivity index (χ2n) is 6.54. The van der Waals surface area contributed by atoms with Gasteiger partial charge in [0.1, 0.15) is 0 Å². The summed E-state index contributed by atoms with van der Waals surface area (Å²) in [5, 5.41) is 3.46. The van der Waals surface area contributed by atoms with Gasteiger partial charge in [0.25, 0.3) is 0 Å². The standard InChI is InChI=1S/C13H27NO3S/c1-12(2,3)14-10-13(6-5-8-17-4)7-9-18(15,16)11-13/h14H,5-11H2,1-4H3. The summed E-state index contributed by atoms with van der Waals surface area (Å²) in [5.74, 6) is 0.665. The molecule has 1 N–H and O–H groups in total. The molecule has 0 aromatic carbocycles. The zero-order valence-corrected chi connectivity index (χ0v) is 12.9. The van der Waals surface area contributed by atoms with E-state index in [0.29, 0.717) is 18.1 Å². The molecule has 1 fully saturated rings. The number of methoxy groups -OCH3 is 1. The molecule has 0 radical (unpaired) electrons. The third-order valence-corrected chi connectivity index (χ3v) is 5.40. The molecule has 0 amide bonds. The van der Waals surface area contributed by atoms with Gasteiger partial charge in [0.15, 0.2) is 9.84 Å². The highest BCUT2D eigenvalue weighted by Crippen LogP contribution is 2.36. The SMILES string of the molecule is COCCCC1(CNC(C)(C)C)CCS(=O)(=O)C1. The van der Waals surface area contributed by atoms with E-state index in [4.69, 9.17) is 4.74 Å².